The molecule has 0 aliphatic rings. The van der Waals surface area contributed by atoms with Crippen LogP contribution in [0.1, 0.15) is 5.89 Å². The maximum atomic E-state index is 13.0. The van der Waals surface area contributed by atoms with E-state index >= 15 is 0 Å². The maximum Gasteiger partial charge on any atom is 0.243 e. The van der Waals surface area contributed by atoms with Crippen LogP contribution in [0.2, 0.25) is 0 Å². The van der Waals surface area contributed by atoms with Crippen molar-refractivity contribution in [3.8, 4) is 11.4 Å². The molecule has 0 fully saturated rings. The highest BCUT2D eigenvalue weighted by atomic mass is 32.2. The molecule has 0 spiro atoms. The Kier molecular flexibility index (Phi) is 5.52. The van der Waals surface area contributed by atoms with Crippen LogP contribution in [0.15, 0.2) is 57.9 Å². The number of benzene rings is 2. The number of rotatable bonds is 6. The summed E-state index contributed by atoms with van der Waals surface area (Å²) in [6, 6.07) is 11.2. The van der Waals surface area contributed by atoms with E-state index in [4.69, 9.17) is 4.52 Å². The number of carbonyl (C=O) groups excluding carboxylic acids is 1. The van der Waals surface area contributed by atoms with E-state index in [1.807, 2.05) is 0 Å². The van der Waals surface area contributed by atoms with Gasteiger partial charge in [-0.15, -0.1) is 0 Å². The molecule has 1 heterocycles. The number of hydrogen-bond donors (Lipinski definition) is 1. The van der Waals surface area contributed by atoms with Crippen LogP contribution in [0.3, 0.4) is 0 Å². The highest BCUT2D eigenvalue weighted by Crippen LogP contribution is 2.25. The molecule has 1 amide bonds. The first-order chi connectivity index (χ1) is 13.3. The van der Waals surface area contributed by atoms with Crippen LogP contribution in [0.4, 0.5) is 10.1 Å². The van der Waals surface area contributed by atoms with Crippen molar-refractivity contribution in [3.05, 3.63) is 60.2 Å². The van der Waals surface area contributed by atoms with Crippen LogP contribution in [0.25, 0.3) is 11.4 Å². The normalized spacial score (nSPS) is 11.6. The molecule has 0 saturated heterocycles. The first kappa shape index (κ1) is 19.6. The van der Waals surface area contributed by atoms with E-state index < -0.39 is 28.3 Å². The molecular weight excluding hydrogens is 387 g/mol. The summed E-state index contributed by atoms with van der Waals surface area (Å²) >= 11 is 0. The van der Waals surface area contributed by atoms with E-state index in [9.17, 15) is 17.6 Å². The highest BCUT2D eigenvalue weighted by molar-refractivity contribution is 7.89. The van der Waals surface area contributed by atoms with Crippen molar-refractivity contribution >= 4 is 21.6 Å². The third-order valence-corrected chi connectivity index (χ3v) is 5.68. The first-order valence-electron chi connectivity index (χ1n) is 8.19. The van der Waals surface area contributed by atoms with Gasteiger partial charge in [-0.1, -0.05) is 17.3 Å². The van der Waals surface area contributed by atoms with E-state index in [1.54, 1.807) is 31.2 Å². The van der Waals surface area contributed by atoms with Crippen LogP contribution in [-0.2, 0) is 14.8 Å². The summed E-state index contributed by atoms with van der Waals surface area (Å²) in [4.78, 5) is 16.4. The Morgan fingerprint density at radius 1 is 1.18 bits per heavy atom. The molecule has 0 bridgehead atoms. The Balaban J connectivity index is 1.75. The number of carbonyl (C=O) groups is 1. The summed E-state index contributed by atoms with van der Waals surface area (Å²) in [5.41, 5.74) is 0.956. The molecule has 2 aromatic carbocycles. The minimum atomic E-state index is -3.94. The second-order valence-electron chi connectivity index (χ2n) is 5.95. The average Bonchev–Trinajstić information content (AvgIpc) is 3.08. The Labute approximate surface area is 161 Å². The minimum absolute atomic E-state index is 0.105. The number of amides is 1. The number of anilines is 1. The number of sulfonamides is 1. The standard InChI is InChI=1S/C18H17FN4O4S/c1-12-20-18(22-27-12)15-5-3-4-6-16(15)21-17(24)11-23(2)28(25,26)14-9-7-13(19)8-10-14/h3-10H,11H2,1-2H3,(H,21,24). The van der Waals surface area contributed by atoms with Crippen molar-refractivity contribution in [2.45, 2.75) is 11.8 Å². The fourth-order valence-corrected chi connectivity index (χ4v) is 3.59. The van der Waals surface area contributed by atoms with E-state index in [1.165, 1.54) is 7.05 Å². The van der Waals surface area contributed by atoms with Crippen LogP contribution >= 0.6 is 0 Å². The van der Waals surface area contributed by atoms with Gasteiger partial charge in [-0.2, -0.15) is 9.29 Å². The zero-order valence-electron chi connectivity index (χ0n) is 15.1. The third-order valence-electron chi connectivity index (χ3n) is 3.86. The molecule has 0 radical (unpaired) electrons. The van der Waals surface area contributed by atoms with Crippen LogP contribution in [-0.4, -0.2) is 42.4 Å². The summed E-state index contributed by atoms with van der Waals surface area (Å²) in [7, 11) is -2.67. The van der Waals surface area contributed by atoms with Crippen LogP contribution < -0.4 is 5.32 Å². The molecule has 1 N–H and O–H groups in total. The van der Waals surface area contributed by atoms with Gasteiger partial charge < -0.3 is 9.84 Å². The molecule has 10 heteroatoms. The lowest BCUT2D eigenvalue weighted by atomic mass is 10.1. The lowest BCUT2D eigenvalue weighted by Crippen LogP contribution is -2.35. The fourth-order valence-electron chi connectivity index (χ4n) is 2.46. The number of halogens is 1. The van der Waals surface area contributed by atoms with E-state index in [-0.39, 0.29) is 4.90 Å². The van der Waals surface area contributed by atoms with Gasteiger partial charge in [-0.05, 0) is 36.4 Å². The van der Waals surface area contributed by atoms with Gasteiger partial charge in [0.25, 0.3) is 0 Å². The number of nitrogens with zero attached hydrogens (tertiary/aromatic N) is 3. The van der Waals surface area contributed by atoms with E-state index in [0.717, 1.165) is 28.6 Å². The van der Waals surface area contributed by atoms with Crippen molar-refractivity contribution < 1.29 is 22.1 Å². The van der Waals surface area contributed by atoms with Gasteiger partial charge in [-0.3, -0.25) is 4.79 Å². The van der Waals surface area contributed by atoms with E-state index in [2.05, 4.69) is 15.5 Å². The Hall–Kier alpha value is -3.11. The van der Waals surface area contributed by atoms with Gasteiger partial charge in [-0.25, -0.2) is 12.8 Å². The average molecular weight is 404 g/mol. The molecular formula is C18H17FN4O4S. The van der Waals surface area contributed by atoms with Gasteiger partial charge in [0.1, 0.15) is 5.82 Å². The largest absolute Gasteiger partial charge is 0.339 e. The molecule has 0 saturated carbocycles. The smallest absolute Gasteiger partial charge is 0.243 e. The molecule has 0 atom stereocenters. The maximum absolute atomic E-state index is 13.0. The molecule has 0 aliphatic heterocycles. The number of aryl methyl sites for hydroxylation is 1. The molecule has 1 aromatic heterocycles. The number of nitrogens with one attached hydrogen (secondary N) is 1. The SMILES string of the molecule is Cc1nc(-c2ccccc2NC(=O)CN(C)S(=O)(=O)c2ccc(F)cc2)no1. The Morgan fingerprint density at radius 2 is 1.86 bits per heavy atom. The summed E-state index contributed by atoms with van der Waals surface area (Å²) in [6.07, 6.45) is 0. The molecule has 3 rings (SSSR count). The van der Waals surface area contributed by atoms with Gasteiger partial charge in [0, 0.05) is 19.5 Å². The topological polar surface area (TPSA) is 105 Å². The lowest BCUT2D eigenvalue weighted by molar-refractivity contribution is -0.116. The second kappa shape index (κ2) is 7.87. The van der Waals surface area contributed by atoms with Crippen molar-refractivity contribution in [2.24, 2.45) is 0 Å². The van der Waals surface area contributed by atoms with Crippen molar-refractivity contribution in [1.29, 1.82) is 0 Å². The van der Waals surface area contributed by atoms with Crippen molar-refractivity contribution in [2.75, 3.05) is 18.9 Å². The molecule has 3 aromatic rings. The molecule has 28 heavy (non-hydrogen) atoms. The van der Waals surface area contributed by atoms with Gasteiger partial charge >= 0.3 is 0 Å². The first-order valence-corrected chi connectivity index (χ1v) is 9.63. The Bertz CT molecular complexity index is 1100. The number of likely N-dealkylation sites (N-methyl/N-ethyl adjacent to an activating group) is 1. The number of aromatic nitrogens is 2. The van der Waals surface area contributed by atoms with Crippen LogP contribution in [0, 0.1) is 12.7 Å². The predicted molar refractivity (Wildman–Crippen MR) is 99.3 cm³/mol. The van der Waals surface area contributed by atoms with Gasteiger partial charge in [0.05, 0.1) is 17.1 Å². The molecule has 8 nitrogen and oxygen atoms in total. The number of para-hydroxylation sites is 1. The van der Waals surface area contributed by atoms with E-state index in [0.29, 0.717) is 23.0 Å². The predicted octanol–water partition coefficient (Wildman–Crippen LogP) is 2.44. The quantitative estimate of drug-likeness (QED) is 0.677. The summed E-state index contributed by atoms with van der Waals surface area (Å²) in [5, 5.41) is 6.48. The third kappa shape index (κ3) is 4.24. The Morgan fingerprint density at radius 3 is 2.50 bits per heavy atom. The van der Waals surface area contributed by atoms with Gasteiger partial charge in [0.15, 0.2) is 0 Å². The zero-order chi connectivity index (χ0) is 20.3. The fraction of sp³-hybridized carbons (Fsp3) is 0.167. The second-order valence-corrected chi connectivity index (χ2v) is 7.99. The minimum Gasteiger partial charge on any atom is -0.339 e. The summed E-state index contributed by atoms with van der Waals surface area (Å²) in [6.45, 7) is 1.21. The summed E-state index contributed by atoms with van der Waals surface area (Å²) < 4.78 is 43.9. The van der Waals surface area contributed by atoms with Crippen molar-refractivity contribution in [3.63, 3.8) is 0 Å². The molecule has 146 valence electrons. The van der Waals surface area contributed by atoms with Gasteiger partial charge in [0.2, 0.25) is 27.6 Å². The zero-order valence-corrected chi connectivity index (χ0v) is 15.9. The number of hydrogen-bond acceptors (Lipinski definition) is 6. The van der Waals surface area contributed by atoms with Crippen molar-refractivity contribution in [1.82, 2.24) is 14.4 Å². The summed E-state index contributed by atoms with van der Waals surface area (Å²) in [5.74, 6) is -0.421. The molecule has 0 aliphatic carbocycles. The highest BCUT2D eigenvalue weighted by Gasteiger charge is 2.23. The van der Waals surface area contributed by atoms with Crippen LogP contribution in [0.5, 0.6) is 0 Å². The molecule has 0 unspecified atom stereocenters. The monoisotopic (exact) mass is 404 g/mol. The lowest BCUT2D eigenvalue weighted by Gasteiger charge is -2.17.